The van der Waals surface area contributed by atoms with Crippen molar-refractivity contribution in [3.8, 4) is 0 Å². The molecule has 0 spiro atoms. The summed E-state index contributed by atoms with van der Waals surface area (Å²) in [6.45, 7) is 6.73. The molecule has 6 heteroatoms. The summed E-state index contributed by atoms with van der Waals surface area (Å²) in [6, 6.07) is 1.21. The number of carbonyl (C=O) groups excluding carboxylic acids is 1. The third-order valence-corrected chi connectivity index (χ3v) is 2.57. The molecule has 0 aliphatic heterocycles. The molecule has 1 N–H and O–H groups in total. The molecule has 1 aromatic rings. The number of carbonyl (C=O) groups is 1. The lowest BCUT2D eigenvalue weighted by Crippen LogP contribution is -2.27. The van der Waals surface area contributed by atoms with Crippen molar-refractivity contribution >= 4 is 23.4 Å². The summed E-state index contributed by atoms with van der Waals surface area (Å²) in [5.41, 5.74) is -0.687. The monoisotopic (exact) mass is 291 g/mol. The van der Waals surface area contributed by atoms with Gasteiger partial charge in [-0.25, -0.2) is 13.6 Å². The summed E-state index contributed by atoms with van der Waals surface area (Å²) in [6.07, 6.45) is -0.495. The highest BCUT2D eigenvalue weighted by Crippen LogP contribution is 2.29. The van der Waals surface area contributed by atoms with Crippen LogP contribution in [-0.4, -0.2) is 11.7 Å². The minimum Gasteiger partial charge on any atom is -0.444 e. The Kier molecular flexibility index (Phi) is 4.74. The van der Waals surface area contributed by atoms with Crippen LogP contribution in [0.15, 0.2) is 6.07 Å². The van der Waals surface area contributed by atoms with Crippen molar-refractivity contribution in [2.24, 2.45) is 0 Å². The fourth-order valence-corrected chi connectivity index (χ4v) is 1.64. The van der Waals surface area contributed by atoms with Crippen molar-refractivity contribution < 1.29 is 18.3 Å². The van der Waals surface area contributed by atoms with E-state index < -0.39 is 28.4 Å². The number of hydrogen-bond donors (Lipinski definition) is 1. The fourth-order valence-electron chi connectivity index (χ4n) is 1.42. The Morgan fingerprint density at radius 3 is 2.42 bits per heavy atom. The molecule has 1 aromatic carbocycles. The van der Waals surface area contributed by atoms with E-state index in [0.717, 1.165) is 0 Å². The van der Waals surface area contributed by atoms with Crippen molar-refractivity contribution in [3.63, 3.8) is 0 Å². The number of amides is 1. The van der Waals surface area contributed by atoms with Crippen LogP contribution in [0.5, 0.6) is 0 Å². The number of rotatable bonds is 2. The standard InChI is InChI=1S/C13H16ClF2NO2/c1-5-7-6-8(11(16)9(14)10(7)15)17-12(18)19-13(2,3)4/h6H,5H2,1-4H3,(H,17,18). The minimum atomic E-state index is -1.01. The summed E-state index contributed by atoms with van der Waals surface area (Å²) in [5.74, 6) is -1.82. The van der Waals surface area contributed by atoms with Gasteiger partial charge in [-0.2, -0.15) is 0 Å². The van der Waals surface area contributed by atoms with Gasteiger partial charge in [-0.15, -0.1) is 0 Å². The van der Waals surface area contributed by atoms with Crippen LogP contribution in [0.25, 0.3) is 0 Å². The molecule has 0 aromatic heterocycles. The maximum Gasteiger partial charge on any atom is 0.412 e. The van der Waals surface area contributed by atoms with E-state index in [0.29, 0.717) is 6.42 Å². The van der Waals surface area contributed by atoms with E-state index in [2.05, 4.69) is 5.32 Å². The lowest BCUT2D eigenvalue weighted by Gasteiger charge is -2.20. The first kappa shape index (κ1) is 15.7. The van der Waals surface area contributed by atoms with E-state index >= 15 is 0 Å². The van der Waals surface area contributed by atoms with Crippen molar-refractivity contribution in [2.45, 2.75) is 39.7 Å². The first-order valence-electron chi connectivity index (χ1n) is 5.82. The van der Waals surface area contributed by atoms with Gasteiger partial charge >= 0.3 is 6.09 Å². The molecule has 0 saturated carbocycles. The molecule has 0 atom stereocenters. The van der Waals surface area contributed by atoms with Crippen LogP contribution in [0.3, 0.4) is 0 Å². The maximum absolute atomic E-state index is 13.7. The molecule has 0 saturated heterocycles. The lowest BCUT2D eigenvalue weighted by molar-refractivity contribution is 0.0635. The summed E-state index contributed by atoms with van der Waals surface area (Å²) < 4.78 is 32.3. The van der Waals surface area contributed by atoms with Crippen LogP contribution in [0.4, 0.5) is 19.3 Å². The first-order chi connectivity index (χ1) is 8.65. The van der Waals surface area contributed by atoms with Crippen LogP contribution in [0.1, 0.15) is 33.3 Å². The Bertz CT molecular complexity index is 498. The molecule has 19 heavy (non-hydrogen) atoms. The normalized spacial score (nSPS) is 11.3. The molecule has 1 amide bonds. The Morgan fingerprint density at radius 1 is 1.37 bits per heavy atom. The van der Waals surface area contributed by atoms with E-state index in [4.69, 9.17) is 16.3 Å². The fraction of sp³-hybridized carbons (Fsp3) is 0.462. The van der Waals surface area contributed by atoms with Gasteiger partial charge in [-0.05, 0) is 38.8 Å². The van der Waals surface area contributed by atoms with Crippen LogP contribution in [0.2, 0.25) is 5.02 Å². The van der Waals surface area contributed by atoms with Gasteiger partial charge in [-0.3, -0.25) is 5.32 Å². The summed E-state index contributed by atoms with van der Waals surface area (Å²) >= 11 is 5.54. The third kappa shape index (κ3) is 4.06. The van der Waals surface area contributed by atoms with Gasteiger partial charge in [0.05, 0.1) is 5.69 Å². The number of ether oxygens (including phenoxy) is 1. The van der Waals surface area contributed by atoms with Gasteiger partial charge in [0.1, 0.15) is 16.4 Å². The molecule has 0 aliphatic carbocycles. The Balaban J connectivity index is 3.02. The zero-order valence-corrected chi connectivity index (χ0v) is 12.0. The number of aryl methyl sites for hydroxylation is 1. The Labute approximate surface area is 115 Å². The molecular formula is C13H16ClF2NO2. The maximum atomic E-state index is 13.7. The van der Waals surface area contributed by atoms with E-state index in [9.17, 15) is 13.6 Å². The number of hydrogen-bond acceptors (Lipinski definition) is 2. The average molecular weight is 292 g/mol. The second kappa shape index (κ2) is 5.74. The SMILES string of the molecule is CCc1cc(NC(=O)OC(C)(C)C)c(F)c(Cl)c1F. The van der Waals surface area contributed by atoms with Gasteiger partial charge in [0.15, 0.2) is 5.82 Å². The molecule has 0 unspecified atom stereocenters. The topological polar surface area (TPSA) is 38.3 Å². The van der Waals surface area contributed by atoms with Gasteiger partial charge < -0.3 is 4.74 Å². The number of anilines is 1. The molecule has 0 fully saturated rings. The van der Waals surface area contributed by atoms with Crippen molar-refractivity contribution in [3.05, 3.63) is 28.3 Å². The highest BCUT2D eigenvalue weighted by molar-refractivity contribution is 6.31. The van der Waals surface area contributed by atoms with Crippen molar-refractivity contribution in [1.29, 1.82) is 0 Å². The van der Waals surface area contributed by atoms with E-state index in [1.54, 1.807) is 27.7 Å². The zero-order valence-electron chi connectivity index (χ0n) is 11.2. The quantitative estimate of drug-likeness (QED) is 0.813. The summed E-state index contributed by atoms with van der Waals surface area (Å²) in [4.78, 5) is 11.5. The molecule has 0 radical (unpaired) electrons. The molecule has 0 bridgehead atoms. The van der Waals surface area contributed by atoms with Crippen molar-refractivity contribution in [2.75, 3.05) is 5.32 Å². The second-order valence-electron chi connectivity index (χ2n) is 5.01. The smallest absolute Gasteiger partial charge is 0.412 e. The molecule has 0 heterocycles. The Hall–Kier alpha value is -1.36. The van der Waals surface area contributed by atoms with E-state index in [1.165, 1.54) is 6.07 Å². The van der Waals surface area contributed by atoms with Gasteiger partial charge in [0, 0.05) is 0 Å². The van der Waals surface area contributed by atoms with E-state index in [-0.39, 0.29) is 11.3 Å². The predicted molar refractivity (Wildman–Crippen MR) is 70.6 cm³/mol. The van der Waals surface area contributed by atoms with Gasteiger partial charge in [-0.1, -0.05) is 18.5 Å². The third-order valence-electron chi connectivity index (χ3n) is 2.24. The summed E-state index contributed by atoms with van der Waals surface area (Å²) in [7, 11) is 0. The molecule has 0 aliphatic rings. The first-order valence-corrected chi connectivity index (χ1v) is 6.20. The number of nitrogens with one attached hydrogen (secondary N) is 1. The zero-order chi connectivity index (χ0) is 14.8. The number of benzene rings is 1. The lowest BCUT2D eigenvalue weighted by atomic mass is 10.1. The van der Waals surface area contributed by atoms with Crippen LogP contribution in [-0.2, 0) is 11.2 Å². The largest absolute Gasteiger partial charge is 0.444 e. The van der Waals surface area contributed by atoms with Gasteiger partial charge in [0.25, 0.3) is 0 Å². The Morgan fingerprint density at radius 2 is 1.95 bits per heavy atom. The summed E-state index contributed by atoms with van der Waals surface area (Å²) in [5, 5.41) is 1.59. The average Bonchev–Trinajstić information content (AvgIpc) is 2.27. The van der Waals surface area contributed by atoms with Crippen molar-refractivity contribution in [1.82, 2.24) is 0 Å². The molecule has 1 rings (SSSR count). The second-order valence-corrected chi connectivity index (χ2v) is 5.38. The van der Waals surface area contributed by atoms with E-state index in [1.807, 2.05) is 0 Å². The van der Waals surface area contributed by atoms with Gasteiger partial charge in [0.2, 0.25) is 0 Å². The highest BCUT2D eigenvalue weighted by Gasteiger charge is 2.21. The highest BCUT2D eigenvalue weighted by atomic mass is 35.5. The predicted octanol–water partition coefficient (Wildman–Crippen LogP) is 4.53. The molecule has 106 valence electrons. The van der Waals surface area contributed by atoms with Crippen LogP contribution >= 0.6 is 11.6 Å². The molecular weight excluding hydrogens is 276 g/mol. The van der Waals surface area contributed by atoms with Crippen LogP contribution in [0, 0.1) is 11.6 Å². The molecule has 3 nitrogen and oxygen atoms in total. The van der Waals surface area contributed by atoms with Crippen LogP contribution < -0.4 is 5.32 Å². The minimum absolute atomic E-state index is 0.197. The number of halogens is 3.